The Balaban J connectivity index is 1.75. The number of carbonyl (C=O) groups is 1. The summed E-state index contributed by atoms with van der Waals surface area (Å²) in [5.74, 6) is -0.108. The second-order valence-electron chi connectivity index (χ2n) is 5.18. The van der Waals surface area contributed by atoms with Gasteiger partial charge in [-0.25, -0.2) is 4.98 Å². The monoisotopic (exact) mass is 317 g/mol. The van der Waals surface area contributed by atoms with Gasteiger partial charge in [0.05, 0.1) is 11.3 Å². The van der Waals surface area contributed by atoms with E-state index >= 15 is 0 Å². The van der Waals surface area contributed by atoms with Gasteiger partial charge >= 0.3 is 0 Å². The smallest absolute Gasteiger partial charge is 0.292 e. The molecular weight excluding hydrogens is 298 g/mol. The van der Waals surface area contributed by atoms with Gasteiger partial charge < -0.3 is 15.2 Å². The predicted octanol–water partition coefficient (Wildman–Crippen LogP) is 1.80. The maximum absolute atomic E-state index is 11.9. The van der Waals surface area contributed by atoms with E-state index in [9.17, 15) is 14.9 Å². The summed E-state index contributed by atoms with van der Waals surface area (Å²) in [6, 6.07) is 6.34. The lowest BCUT2D eigenvalue weighted by Crippen LogP contribution is -2.36. The molecule has 0 aliphatic rings. The summed E-state index contributed by atoms with van der Waals surface area (Å²) in [4.78, 5) is 26.3. The Kier molecular flexibility index (Phi) is 5.67. The summed E-state index contributed by atoms with van der Waals surface area (Å²) in [7, 11) is 0. The highest BCUT2D eigenvalue weighted by molar-refractivity contribution is 5.77. The molecule has 122 valence electrons. The van der Waals surface area contributed by atoms with Gasteiger partial charge in [-0.3, -0.25) is 14.9 Å². The van der Waals surface area contributed by atoms with Crippen LogP contribution in [0.3, 0.4) is 0 Å². The summed E-state index contributed by atoms with van der Waals surface area (Å²) in [5.41, 5.74) is 0.415. The molecule has 0 aliphatic carbocycles. The number of imidazole rings is 1. The molecule has 2 N–H and O–H groups in total. The first-order valence-corrected chi connectivity index (χ1v) is 7.28. The summed E-state index contributed by atoms with van der Waals surface area (Å²) < 4.78 is 1.89. The first-order chi connectivity index (χ1) is 11.1. The summed E-state index contributed by atoms with van der Waals surface area (Å²) in [5, 5.41) is 16.7. The van der Waals surface area contributed by atoms with Gasteiger partial charge in [-0.2, -0.15) is 0 Å². The Morgan fingerprint density at radius 3 is 2.91 bits per heavy atom. The van der Waals surface area contributed by atoms with E-state index in [2.05, 4.69) is 15.6 Å². The molecule has 0 spiro atoms. The van der Waals surface area contributed by atoms with E-state index in [1.807, 2.05) is 17.7 Å². The molecule has 1 heterocycles. The van der Waals surface area contributed by atoms with Crippen molar-refractivity contribution in [3.63, 3.8) is 0 Å². The molecule has 1 aromatic carbocycles. The van der Waals surface area contributed by atoms with Crippen molar-refractivity contribution in [3.8, 4) is 0 Å². The number of nitro benzene ring substituents is 1. The maximum atomic E-state index is 11.9. The van der Waals surface area contributed by atoms with Gasteiger partial charge in [-0.05, 0) is 13.0 Å². The topological polar surface area (TPSA) is 102 Å². The van der Waals surface area contributed by atoms with Crippen LogP contribution in [0.2, 0.25) is 0 Å². The first kappa shape index (κ1) is 16.5. The van der Waals surface area contributed by atoms with Crippen molar-refractivity contribution in [2.75, 3.05) is 11.9 Å². The third kappa shape index (κ3) is 5.10. The number of rotatable bonds is 8. The minimum atomic E-state index is -0.449. The molecular formula is C15H19N5O3. The number of hydrogen-bond donors (Lipinski definition) is 2. The van der Waals surface area contributed by atoms with Crippen LogP contribution in [0.1, 0.15) is 13.3 Å². The molecule has 1 atom stereocenters. The van der Waals surface area contributed by atoms with Gasteiger partial charge in [0.2, 0.25) is 5.91 Å². The van der Waals surface area contributed by atoms with Crippen molar-refractivity contribution in [2.45, 2.75) is 25.9 Å². The van der Waals surface area contributed by atoms with Gasteiger partial charge in [-0.1, -0.05) is 12.1 Å². The highest BCUT2D eigenvalue weighted by Gasteiger charge is 2.12. The standard InChI is InChI=1S/C15H19N5O3/c1-12(10-19-9-8-16-11-19)18-15(21)6-7-17-13-4-2-3-5-14(13)20(22)23/h2-5,8-9,11-12,17H,6-7,10H2,1H3,(H,18,21)/t12-/m1/s1. The number of benzene rings is 1. The van der Waals surface area contributed by atoms with Gasteiger partial charge in [0.15, 0.2) is 0 Å². The van der Waals surface area contributed by atoms with Gasteiger partial charge in [0, 0.05) is 44.0 Å². The van der Waals surface area contributed by atoms with Crippen LogP contribution in [-0.4, -0.2) is 33.0 Å². The van der Waals surface area contributed by atoms with E-state index in [1.54, 1.807) is 30.7 Å². The molecule has 0 saturated carbocycles. The maximum Gasteiger partial charge on any atom is 0.292 e. The van der Waals surface area contributed by atoms with Crippen LogP contribution in [-0.2, 0) is 11.3 Å². The normalized spacial score (nSPS) is 11.7. The molecule has 0 radical (unpaired) electrons. The first-order valence-electron chi connectivity index (χ1n) is 7.28. The van der Waals surface area contributed by atoms with Crippen LogP contribution in [0.25, 0.3) is 0 Å². The molecule has 8 nitrogen and oxygen atoms in total. The van der Waals surface area contributed by atoms with Gasteiger partial charge in [0.1, 0.15) is 5.69 Å². The molecule has 1 amide bonds. The number of hydrogen-bond acceptors (Lipinski definition) is 5. The van der Waals surface area contributed by atoms with Gasteiger partial charge in [-0.15, -0.1) is 0 Å². The Bertz CT molecular complexity index is 657. The highest BCUT2D eigenvalue weighted by Crippen LogP contribution is 2.22. The third-order valence-electron chi connectivity index (χ3n) is 3.22. The number of amides is 1. The largest absolute Gasteiger partial charge is 0.379 e. The fraction of sp³-hybridized carbons (Fsp3) is 0.333. The van der Waals surface area contributed by atoms with Crippen molar-refractivity contribution in [2.24, 2.45) is 0 Å². The molecule has 23 heavy (non-hydrogen) atoms. The minimum Gasteiger partial charge on any atom is -0.379 e. The van der Waals surface area contributed by atoms with E-state index in [4.69, 9.17) is 0 Å². The zero-order valence-corrected chi connectivity index (χ0v) is 12.8. The Hall–Kier alpha value is -2.90. The van der Waals surface area contributed by atoms with Crippen molar-refractivity contribution in [3.05, 3.63) is 53.1 Å². The summed E-state index contributed by atoms with van der Waals surface area (Å²) in [6.07, 6.45) is 5.45. The summed E-state index contributed by atoms with van der Waals surface area (Å²) in [6.45, 7) is 2.88. The van der Waals surface area contributed by atoms with Crippen LogP contribution < -0.4 is 10.6 Å². The van der Waals surface area contributed by atoms with Crippen LogP contribution in [0.5, 0.6) is 0 Å². The minimum absolute atomic E-state index is 0.00128. The Morgan fingerprint density at radius 1 is 1.43 bits per heavy atom. The number of carbonyl (C=O) groups excluding carboxylic acids is 1. The number of aromatic nitrogens is 2. The number of nitro groups is 1. The molecule has 8 heteroatoms. The van der Waals surface area contributed by atoms with Crippen LogP contribution in [0.4, 0.5) is 11.4 Å². The lowest BCUT2D eigenvalue weighted by molar-refractivity contribution is -0.384. The van der Waals surface area contributed by atoms with Crippen molar-refractivity contribution in [1.82, 2.24) is 14.9 Å². The molecule has 0 bridgehead atoms. The van der Waals surface area contributed by atoms with Gasteiger partial charge in [0.25, 0.3) is 5.69 Å². The lowest BCUT2D eigenvalue weighted by atomic mass is 10.2. The fourth-order valence-electron chi connectivity index (χ4n) is 2.20. The number of para-hydroxylation sites is 2. The summed E-state index contributed by atoms with van der Waals surface area (Å²) >= 11 is 0. The third-order valence-corrected chi connectivity index (χ3v) is 3.22. The second-order valence-corrected chi connectivity index (χ2v) is 5.18. The van der Waals surface area contributed by atoms with Crippen molar-refractivity contribution < 1.29 is 9.72 Å². The molecule has 1 aromatic heterocycles. The number of nitrogens with zero attached hydrogens (tertiary/aromatic N) is 3. The predicted molar refractivity (Wildman–Crippen MR) is 86.0 cm³/mol. The Morgan fingerprint density at radius 2 is 2.22 bits per heavy atom. The average molecular weight is 317 g/mol. The number of nitrogens with one attached hydrogen (secondary N) is 2. The van der Waals surface area contributed by atoms with Crippen LogP contribution in [0, 0.1) is 10.1 Å². The van der Waals surface area contributed by atoms with E-state index in [0.29, 0.717) is 18.8 Å². The fourth-order valence-corrected chi connectivity index (χ4v) is 2.20. The lowest BCUT2D eigenvalue weighted by Gasteiger charge is -2.14. The van der Waals surface area contributed by atoms with E-state index in [0.717, 1.165) is 0 Å². The molecule has 2 rings (SSSR count). The molecule has 2 aromatic rings. The zero-order valence-electron chi connectivity index (χ0n) is 12.8. The SMILES string of the molecule is C[C@H](Cn1ccnc1)NC(=O)CCNc1ccccc1[N+](=O)[O-]. The van der Waals surface area contributed by atoms with Crippen molar-refractivity contribution >= 4 is 17.3 Å². The number of anilines is 1. The zero-order chi connectivity index (χ0) is 16.7. The molecule has 0 unspecified atom stereocenters. The molecule has 0 aliphatic heterocycles. The van der Waals surface area contributed by atoms with Crippen LogP contribution in [0.15, 0.2) is 43.0 Å². The average Bonchev–Trinajstić information content (AvgIpc) is 3.00. The Labute approximate surface area is 133 Å². The molecule has 0 fully saturated rings. The van der Waals surface area contributed by atoms with E-state index in [-0.39, 0.29) is 24.1 Å². The van der Waals surface area contributed by atoms with E-state index in [1.165, 1.54) is 6.07 Å². The second kappa shape index (κ2) is 7.92. The van der Waals surface area contributed by atoms with Crippen molar-refractivity contribution in [1.29, 1.82) is 0 Å². The quantitative estimate of drug-likeness (QED) is 0.571. The molecule has 0 saturated heterocycles. The van der Waals surface area contributed by atoms with E-state index < -0.39 is 4.92 Å². The van der Waals surface area contributed by atoms with Crippen LogP contribution >= 0.6 is 0 Å². The highest BCUT2D eigenvalue weighted by atomic mass is 16.6.